The van der Waals surface area contributed by atoms with Gasteiger partial charge in [-0.25, -0.2) is 0 Å². The lowest BCUT2D eigenvalue weighted by Gasteiger charge is -2.22. The van der Waals surface area contributed by atoms with Crippen molar-refractivity contribution in [1.82, 2.24) is 10.6 Å². The Morgan fingerprint density at radius 1 is 1.12 bits per heavy atom. The number of aliphatic hydroxyl groups excluding tert-OH is 1. The zero-order valence-corrected chi connectivity index (χ0v) is 16.6. The molecule has 7 nitrogen and oxygen atoms in total. The van der Waals surface area contributed by atoms with Crippen LogP contribution in [0.1, 0.15) is 66.7 Å². The summed E-state index contributed by atoms with van der Waals surface area (Å²) in [6.07, 6.45) is 1.32. The molecule has 0 heterocycles. The fourth-order valence-electron chi connectivity index (χ4n) is 3.04. The van der Waals surface area contributed by atoms with E-state index >= 15 is 0 Å². The first-order valence-corrected chi connectivity index (χ1v) is 9.45. The normalized spacial score (nSPS) is 23.0. The van der Waals surface area contributed by atoms with Gasteiger partial charge in [0.2, 0.25) is 11.8 Å². The summed E-state index contributed by atoms with van der Waals surface area (Å²) in [7, 11) is 0. The van der Waals surface area contributed by atoms with Crippen LogP contribution in [0.25, 0.3) is 0 Å². The second-order valence-corrected chi connectivity index (χ2v) is 8.41. The van der Waals surface area contributed by atoms with E-state index < -0.39 is 11.7 Å². The fraction of sp³-hybridized carbons (Fsp3) is 0.842. The van der Waals surface area contributed by atoms with E-state index in [0.717, 1.165) is 0 Å². The van der Waals surface area contributed by atoms with Crippen molar-refractivity contribution in [2.45, 2.75) is 84.5 Å². The van der Waals surface area contributed by atoms with E-state index in [1.54, 1.807) is 0 Å². The number of rotatable bonds is 8. The number of hydrogen-bond acceptors (Lipinski definition) is 5. The molecule has 0 aromatic heterocycles. The molecule has 0 unspecified atom stereocenters. The van der Waals surface area contributed by atoms with E-state index in [4.69, 9.17) is 4.74 Å². The van der Waals surface area contributed by atoms with Crippen LogP contribution in [0, 0.1) is 11.8 Å². The Bertz CT molecular complexity index is 499. The molecule has 0 radical (unpaired) electrons. The predicted molar refractivity (Wildman–Crippen MR) is 98.2 cm³/mol. The lowest BCUT2D eigenvalue weighted by molar-refractivity contribution is -0.160. The molecule has 1 aliphatic carbocycles. The summed E-state index contributed by atoms with van der Waals surface area (Å²) in [5.74, 6) is -0.970. The topological polar surface area (TPSA) is 105 Å². The number of esters is 1. The number of carbonyl (C=O) groups is 3. The van der Waals surface area contributed by atoms with Gasteiger partial charge in [-0.3, -0.25) is 14.4 Å². The number of ether oxygens (including phenoxy) is 1. The van der Waals surface area contributed by atoms with E-state index in [1.807, 2.05) is 34.6 Å². The van der Waals surface area contributed by atoms with Crippen LogP contribution < -0.4 is 10.6 Å². The molecule has 2 amide bonds. The smallest absolute Gasteiger partial charge is 0.309 e. The molecule has 0 aliphatic heterocycles. The number of nitrogens with one attached hydrogen (secondary N) is 2. The molecule has 0 bridgehead atoms. The highest BCUT2D eigenvalue weighted by molar-refractivity contribution is 5.79. The SMILES string of the molecule is CC(C)NC(=O)CCCC(=O)NC[C@@H]1C[C@@H](C(=O)OC(C)(C)C)C[C@H]1O. The predicted octanol–water partition coefficient (Wildman–Crippen LogP) is 1.53. The Kier molecular flexibility index (Phi) is 8.53. The van der Waals surface area contributed by atoms with Crippen LogP contribution >= 0.6 is 0 Å². The van der Waals surface area contributed by atoms with Crippen molar-refractivity contribution in [2.75, 3.05) is 6.54 Å². The van der Waals surface area contributed by atoms with Gasteiger partial charge < -0.3 is 20.5 Å². The summed E-state index contributed by atoms with van der Waals surface area (Å²) in [6.45, 7) is 9.56. The summed E-state index contributed by atoms with van der Waals surface area (Å²) >= 11 is 0. The van der Waals surface area contributed by atoms with Crippen molar-refractivity contribution in [2.24, 2.45) is 11.8 Å². The van der Waals surface area contributed by atoms with Crippen molar-refractivity contribution in [1.29, 1.82) is 0 Å². The first-order valence-electron chi connectivity index (χ1n) is 9.45. The third kappa shape index (κ3) is 8.65. The summed E-state index contributed by atoms with van der Waals surface area (Å²) in [5, 5.41) is 15.7. The fourth-order valence-corrected chi connectivity index (χ4v) is 3.04. The molecule has 0 saturated heterocycles. The second-order valence-electron chi connectivity index (χ2n) is 8.41. The third-order valence-electron chi connectivity index (χ3n) is 4.22. The Morgan fingerprint density at radius 3 is 2.31 bits per heavy atom. The Morgan fingerprint density at radius 2 is 1.73 bits per heavy atom. The summed E-state index contributed by atoms with van der Waals surface area (Å²) in [5.41, 5.74) is -0.545. The second kappa shape index (κ2) is 9.90. The van der Waals surface area contributed by atoms with Gasteiger partial charge in [-0.2, -0.15) is 0 Å². The van der Waals surface area contributed by atoms with Gasteiger partial charge in [-0.1, -0.05) is 0 Å². The van der Waals surface area contributed by atoms with Crippen molar-refractivity contribution in [3.8, 4) is 0 Å². The van der Waals surface area contributed by atoms with Gasteiger partial charge in [0.25, 0.3) is 0 Å². The number of carbonyl (C=O) groups excluding carboxylic acids is 3. The van der Waals surface area contributed by atoms with Gasteiger partial charge in [-0.05, 0) is 53.9 Å². The lowest BCUT2D eigenvalue weighted by atomic mass is 10.0. The minimum Gasteiger partial charge on any atom is -0.460 e. The summed E-state index contributed by atoms with van der Waals surface area (Å²) < 4.78 is 5.37. The van der Waals surface area contributed by atoms with Gasteiger partial charge >= 0.3 is 5.97 Å². The maximum atomic E-state index is 12.1. The summed E-state index contributed by atoms with van der Waals surface area (Å²) in [4.78, 5) is 35.5. The Labute approximate surface area is 156 Å². The van der Waals surface area contributed by atoms with E-state index in [1.165, 1.54) is 0 Å². The van der Waals surface area contributed by atoms with Crippen LogP contribution in [0.5, 0.6) is 0 Å². The van der Waals surface area contributed by atoms with Crippen molar-refractivity contribution in [3.05, 3.63) is 0 Å². The molecule has 3 atom stereocenters. The molecule has 26 heavy (non-hydrogen) atoms. The molecule has 0 aromatic rings. The largest absolute Gasteiger partial charge is 0.460 e. The average Bonchev–Trinajstić information content (AvgIpc) is 2.84. The molecule has 1 fully saturated rings. The lowest BCUT2D eigenvalue weighted by Crippen LogP contribution is -2.33. The van der Waals surface area contributed by atoms with E-state index in [9.17, 15) is 19.5 Å². The molecule has 0 aromatic carbocycles. The van der Waals surface area contributed by atoms with Crippen LogP contribution in [0.4, 0.5) is 0 Å². The third-order valence-corrected chi connectivity index (χ3v) is 4.22. The molecular formula is C19H34N2O5. The van der Waals surface area contributed by atoms with Gasteiger partial charge in [0.1, 0.15) is 5.60 Å². The van der Waals surface area contributed by atoms with E-state index in [-0.39, 0.29) is 42.1 Å². The molecule has 1 saturated carbocycles. The van der Waals surface area contributed by atoms with Gasteiger partial charge in [0.15, 0.2) is 0 Å². The molecule has 3 N–H and O–H groups in total. The highest BCUT2D eigenvalue weighted by atomic mass is 16.6. The molecule has 0 spiro atoms. The minimum absolute atomic E-state index is 0.0563. The van der Waals surface area contributed by atoms with E-state index in [0.29, 0.717) is 32.2 Å². The Hall–Kier alpha value is -1.63. The maximum absolute atomic E-state index is 12.1. The monoisotopic (exact) mass is 370 g/mol. The Balaban J connectivity index is 2.29. The number of amides is 2. The maximum Gasteiger partial charge on any atom is 0.309 e. The first-order chi connectivity index (χ1) is 12.0. The van der Waals surface area contributed by atoms with Crippen molar-refractivity contribution < 1.29 is 24.2 Å². The van der Waals surface area contributed by atoms with Crippen LogP contribution in [0.2, 0.25) is 0 Å². The van der Waals surface area contributed by atoms with Crippen LogP contribution in [-0.4, -0.2) is 47.2 Å². The molecule has 1 aliphatic rings. The minimum atomic E-state index is -0.621. The van der Waals surface area contributed by atoms with Gasteiger partial charge in [0, 0.05) is 31.3 Å². The molecule has 7 heteroatoms. The first kappa shape index (κ1) is 22.4. The number of hydrogen-bond donors (Lipinski definition) is 3. The quantitative estimate of drug-likeness (QED) is 0.562. The van der Waals surface area contributed by atoms with Gasteiger partial charge in [-0.15, -0.1) is 0 Å². The zero-order chi connectivity index (χ0) is 19.9. The van der Waals surface area contributed by atoms with Crippen molar-refractivity contribution in [3.63, 3.8) is 0 Å². The van der Waals surface area contributed by atoms with E-state index in [2.05, 4.69) is 10.6 Å². The van der Waals surface area contributed by atoms with Crippen LogP contribution in [-0.2, 0) is 19.1 Å². The van der Waals surface area contributed by atoms with Crippen LogP contribution in [0.3, 0.4) is 0 Å². The molecule has 1 rings (SSSR count). The van der Waals surface area contributed by atoms with Crippen LogP contribution in [0.15, 0.2) is 0 Å². The van der Waals surface area contributed by atoms with Crippen molar-refractivity contribution >= 4 is 17.8 Å². The standard InChI is InChI=1S/C19H34N2O5/c1-12(2)21-17(24)8-6-7-16(23)20-11-14-9-13(10-15(14)22)18(25)26-19(3,4)5/h12-15,22H,6-11H2,1-5H3,(H,20,23)(H,21,24)/t13-,14+,15-/m1/s1. The highest BCUT2D eigenvalue weighted by Gasteiger charge is 2.38. The molecule has 150 valence electrons. The summed E-state index contributed by atoms with van der Waals surface area (Å²) in [6, 6.07) is 0.0955. The molecular weight excluding hydrogens is 336 g/mol. The average molecular weight is 370 g/mol. The number of aliphatic hydroxyl groups is 1. The zero-order valence-electron chi connectivity index (χ0n) is 16.6. The highest BCUT2D eigenvalue weighted by Crippen LogP contribution is 2.32. The van der Waals surface area contributed by atoms with Gasteiger partial charge in [0.05, 0.1) is 12.0 Å².